The summed E-state index contributed by atoms with van der Waals surface area (Å²) in [4.78, 5) is 13.0. The fraction of sp³-hybridized carbons (Fsp3) is 0.417. The van der Waals surface area contributed by atoms with Crippen LogP contribution in [-0.2, 0) is 11.3 Å². The molecule has 0 aromatic heterocycles. The minimum absolute atomic E-state index is 0.398. The summed E-state index contributed by atoms with van der Waals surface area (Å²) in [6.07, 6.45) is 1.61. The van der Waals surface area contributed by atoms with Crippen LogP contribution in [0.3, 0.4) is 0 Å². The lowest BCUT2D eigenvalue weighted by molar-refractivity contribution is -0.142. The molecule has 0 unspecified atom stereocenters. The number of nitrogens with zero attached hydrogens (tertiary/aromatic N) is 1. The molecule has 1 heterocycles. The van der Waals surface area contributed by atoms with Gasteiger partial charge in [-0.25, -0.2) is 0 Å². The lowest BCUT2D eigenvalue weighted by Gasteiger charge is -2.21. The quantitative estimate of drug-likeness (QED) is 0.921. The highest BCUT2D eigenvalue weighted by Gasteiger charge is 2.30. The predicted molar refractivity (Wildman–Crippen MR) is 67.5 cm³/mol. The van der Waals surface area contributed by atoms with Crippen molar-refractivity contribution in [2.75, 3.05) is 6.54 Å². The maximum absolute atomic E-state index is 11.1. The summed E-state index contributed by atoms with van der Waals surface area (Å²) in [6, 6.07) is 5.04. The molecule has 0 radical (unpaired) electrons. The molecule has 17 heavy (non-hydrogen) atoms. The summed E-state index contributed by atoms with van der Waals surface area (Å²) < 4.78 is 0. The summed E-state index contributed by atoms with van der Waals surface area (Å²) in [7, 11) is 0. The van der Waals surface area contributed by atoms with Gasteiger partial charge in [-0.1, -0.05) is 35.3 Å². The minimum Gasteiger partial charge on any atom is -0.480 e. The molecule has 1 fully saturated rings. The van der Waals surface area contributed by atoms with Gasteiger partial charge < -0.3 is 5.11 Å². The van der Waals surface area contributed by atoms with E-state index in [0.717, 1.165) is 18.5 Å². The fourth-order valence-corrected chi connectivity index (χ4v) is 2.56. The number of benzene rings is 1. The SMILES string of the molecule is O=C(O)[C@@H]1CCCN1Cc1cccc(Cl)c1Cl. The molecular formula is C12H13Cl2NO2. The summed E-state index contributed by atoms with van der Waals surface area (Å²) >= 11 is 12.0. The average molecular weight is 274 g/mol. The second kappa shape index (κ2) is 5.25. The monoisotopic (exact) mass is 273 g/mol. The Kier molecular flexibility index (Phi) is 3.92. The van der Waals surface area contributed by atoms with Gasteiger partial charge in [0.2, 0.25) is 0 Å². The van der Waals surface area contributed by atoms with E-state index < -0.39 is 12.0 Å². The number of carbonyl (C=O) groups is 1. The van der Waals surface area contributed by atoms with Crippen LogP contribution in [-0.4, -0.2) is 28.6 Å². The Morgan fingerprint density at radius 2 is 2.24 bits per heavy atom. The van der Waals surface area contributed by atoms with E-state index >= 15 is 0 Å². The van der Waals surface area contributed by atoms with Crippen LogP contribution < -0.4 is 0 Å². The third-order valence-electron chi connectivity index (χ3n) is 3.05. The molecule has 1 aromatic carbocycles. The van der Waals surface area contributed by atoms with Gasteiger partial charge in [-0.2, -0.15) is 0 Å². The zero-order valence-corrected chi connectivity index (χ0v) is 10.7. The van der Waals surface area contributed by atoms with E-state index in [9.17, 15) is 4.79 Å². The molecule has 1 N–H and O–H groups in total. The summed E-state index contributed by atoms with van der Waals surface area (Å²) in [5.41, 5.74) is 0.882. The number of aliphatic carboxylic acids is 1. The van der Waals surface area contributed by atoms with E-state index in [1.165, 1.54) is 0 Å². The Morgan fingerprint density at radius 3 is 2.94 bits per heavy atom. The van der Waals surface area contributed by atoms with Crippen LogP contribution in [0, 0.1) is 0 Å². The van der Waals surface area contributed by atoms with Crippen LogP contribution in [0.5, 0.6) is 0 Å². The third-order valence-corrected chi connectivity index (χ3v) is 3.91. The number of hydrogen-bond donors (Lipinski definition) is 1. The highest BCUT2D eigenvalue weighted by molar-refractivity contribution is 6.42. The van der Waals surface area contributed by atoms with E-state index in [1.54, 1.807) is 6.07 Å². The second-order valence-electron chi connectivity index (χ2n) is 4.18. The van der Waals surface area contributed by atoms with Crippen LogP contribution in [0.15, 0.2) is 18.2 Å². The van der Waals surface area contributed by atoms with Crippen molar-refractivity contribution < 1.29 is 9.90 Å². The molecule has 92 valence electrons. The van der Waals surface area contributed by atoms with Gasteiger partial charge in [0.15, 0.2) is 0 Å². The largest absolute Gasteiger partial charge is 0.480 e. The number of rotatable bonds is 3. The maximum atomic E-state index is 11.1. The topological polar surface area (TPSA) is 40.5 Å². The minimum atomic E-state index is -0.763. The van der Waals surface area contributed by atoms with E-state index in [1.807, 2.05) is 17.0 Å². The van der Waals surface area contributed by atoms with E-state index in [2.05, 4.69) is 0 Å². The average Bonchev–Trinajstić information content (AvgIpc) is 2.73. The predicted octanol–water partition coefficient (Wildman–Crippen LogP) is 3.04. The molecule has 0 saturated carbocycles. The zero-order chi connectivity index (χ0) is 12.4. The van der Waals surface area contributed by atoms with Crippen molar-refractivity contribution in [3.05, 3.63) is 33.8 Å². The van der Waals surface area contributed by atoms with Crippen molar-refractivity contribution in [3.63, 3.8) is 0 Å². The molecule has 1 saturated heterocycles. The van der Waals surface area contributed by atoms with Crippen LogP contribution in [0.4, 0.5) is 0 Å². The molecule has 0 spiro atoms. The lowest BCUT2D eigenvalue weighted by Crippen LogP contribution is -2.35. The molecule has 0 bridgehead atoms. The first-order chi connectivity index (χ1) is 8.09. The van der Waals surface area contributed by atoms with E-state index in [4.69, 9.17) is 28.3 Å². The first-order valence-electron chi connectivity index (χ1n) is 5.49. The molecule has 0 aliphatic carbocycles. The van der Waals surface area contributed by atoms with Gasteiger partial charge >= 0.3 is 5.97 Å². The zero-order valence-electron chi connectivity index (χ0n) is 9.20. The number of halogens is 2. The number of hydrogen-bond acceptors (Lipinski definition) is 2. The normalized spacial score (nSPS) is 20.7. The molecule has 1 aliphatic rings. The molecule has 0 amide bonds. The molecule has 1 atom stereocenters. The molecule has 3 nitrogen and oxygen atoms in total. The maximum Gasteiger partial charge on any atom is 0.320 e. The Morgan fingerprint density at radius 1 is 1.47 bits per heavy atom. The van der Waals surface area contributed by atoms with Gasteiger partial charge in [0.1, 0.15) is 6.04 Å². The van der Waals surface area contributed by atoms with Gasteiger partial charge in [0.05, 0.1) is 10.0 Å². The third kappa shape index (κ3) is 2.73. The Labute approximate surface area is 110 Å². The van der Waals surface area contributed by atoms with Crippen molar-refractivity contribution in [2.45, 2.75) is 25.4 Å². The van der Waals surface area contributed by atoms with Crippen molar-refractivity contribution in [1.29, 1.82) is 0 Å². The summed E-state index contributed by atoms with van der Waals surface area (Å²) in [5.74, 6) is -0.763. The molecule has 5 heteroatoms. The summed E-state index contributed by atoms with van der Waals surface area (Å²) in [6.45, 7) is 1.33. The van der Waals surface area contributed by atoms with Crippen molar-refractivity contribution in [1.82, 2.24) is 4.90 Å². The highest BCUT2D eigenvalue weighted by Crippen LogP contribution is 2.28. The van der Waals surface area contributed by atoms with Crippen LogP contribution in [0.2, 0.25) is 10.0 Å². The van der Waals surface area contributed by atoms with Gasteiger partial charge in [-0.05, 0) is 31.0 Å². The number of carboxylic acids is 1. The lowest BCUT2D eigenvalue weighted by atomic mass is 10.2. The molecule has 1 aliphatic heterocycles. The molecule has 2 rings (SSSR count). The Hall–Kier alpha value is -0.770. The summed E-state index contributed by atoms with van der Waals surface area (Å²) in [5, 5.41) is 10.1. The van der Waals surface area contributed by atoms with E-state index in [-0.39, 0.29) is 0 Å². The van der Waals surface area contributed by atoms with Crippen molar-refractivity contribution in [2.24, 2.45) is 0 Å². The highest BCUT2D eigenvalue weighted by atomic mass is 35.5. The van der Waals surface area contributed by atoms with E-state index in [0.29, 0.717) is 23.0 Å². The Bertz CT molecular complexity index is 437. The molecular weight excluding hydrogens is 261 g/mol. The van der Waals surface area contributed by atoms with Crippen molar-refractivity contribution >= 4 is 29.2 Å². The van der Waals surface area contributed by atoms with Gasteiger partial charge in [-0.3, -0.25) is 9.69 Å². The van der Waals surface area contributed by atoms with Crippen LogP contribution in [0.1, 0.15) is 18.4 Å². The second-order valence-corrected chi connectivity index (χ2v) is 4.96. The first-order valence-corrected chi connectivity index (χ1v) is 6.25. The smallest absolute Gasteiger partial charge is 0.320 e. The van der Waals surface area contributed by atoms with Gasteiger partial charge in [-0.15, -0.1) is 0 Å². The van der Waals surface area contributed by atoms with Gasteiger partial charge in [0, 0.05) is 6.54 Å². The van der Waals surface area contributed by atoms with Gasteiger partial charge in [0.25, 0.3) is 0 Å². The van der Waals surface area contributed by atoms with Crippen LogP contribution >= 0.6 is 23.2 Å². The standard InChI is InChI=1S/C12H13Cl2NO2/c13-9-4-1-3-8(11(9)14)7-15-6-2-5-10(15)12(16)17/h1,3-4,10H,2,5-7H2,(H,16,17)/t10-/m0/s1. The first kappa shape index (κ1) is 12.7. The van der Waals surface area contributed by atoms with Crippen molar-refractivity contribution in [3.8, 4) is 0 Å². The van der Waals surface area contributed by atoms with Crippen LogP contribution in [0.25, 0.3) is 0 Å². The molecule has 1 aromatic rings. The Balaban J connectivity index is 2.15. The number of likely N-dealkylation sites (tertiary alicyclic amines) is 1. The fourth-order valence-electron chi connectivity index (χ4n) is 2.18. The number of carboxylic acid groups (broad SMARTS) is 1.